The van der Waals surface area contributed by atoms with Gasteiger partial charge in [-0.05, 0) is 69.1 Å². The smallest absolute Gasteiger partial charge is 0.148 e. The van der Waals surface area contributed by atoms with E-state index in [1.54, 1.807) is 0 Å². The second-order valence-electron chi connectivity index (χ2n) is 14.6. The van der Waals surface area contributed by atoms with Crippen molar-refractivity contribution in [3.8, 4) is 36.4 Å². The van der Waals surface area contributed by atoms with Crippen LogP contribution >= 0.6 is 22.7 Å². The summed E-state index contributed by atoms with van der Waals surface area (Å²) in [5.74, 6) is 0. The number of aryl methyl sites for hydroxylation is 2. The fourth-order valence-corrected chi connectivity index (χ4v) is 11.7. The van der Waals surface area contributed by atoms with Gasteiger partial charge in [-0.1, -0.05) is 114 Å². The molecule has 0 aliphatic carbocycles. The van der Waals surface area contributed by atoms with Gasteiger partial charge in [-0.3, -0.25) is 0 Å². The molecule has 0 atom stereocenters. The molecule has 0 bridgehead atoms. The Morgan fingerprint density at radius 3 is 1.11 bits per heavy atom. The van der Waals surface area contributed by atoms with Crippen molar-refractivity contribution in [1.29, 1.82) is 31.6 Å². The van der Waals surface area contributed by atoms with Gasteiger partial charge in [0.15, 0.2) is 0 Å². The summed E-state index contributed by atoms with van der Waals surface area (Å²) >= 11 is 3.06. The molecule has 0 saturated carbocycles. The van der Waals surface area contributed by atoms with E-state index in [4.69, 9.17) is 0 Å². The lowest BCUT2D eigenvalue weighted by molar-refractivity contribution is 0.608. The molecule has 2 aromatic heterocycles. The second kappa shape index (κ2) is 16.8. The molecule has 274 valence electrons. The maximum atomic E-state index is 10.4. The summed E-state index contributed by atoms with van der Waals surface area (Å²) < 4.78 is 2.15. The lowest BCUT2D eigenvalue weighted by Crippen LogP contribution is -1.92. The van der Waals surface area contributed by atoms with E-state index < -0.39 is 0 Å². The van der Waals surface area contributed by atoms with Crippen LogP contribution in [0.1, 0.15) is 112 Å². The predicted octanol–water partition coefficient (Wildman–Crippen LogP) is 14.1. The van der Waals surface area contributed by atoms with Gasteiger partial charge in [0.05, 0.1) is 20.9 Å². The Balaban J connectivity index is 1.54. The Hall–Kier alpha value is -6.00. The predicted molar refractivity (Wildman–Crippen MR) is 231 cm³/mol. The number of nitriles is 6. The number of allylic oxidation sites excluding steroid dienone is 4. The van der Waals surface area contributed by atoms with Gasteiger partial charge in [-0.2, -0.15) is 31.6 Å². The van der Waals surface area contributed by atoms with Gasteiger partial charge in [0.1, 0.15) is 47.6 Å². The first-order valence-corrected chi connectivity index (χ1v) is 21.4. The fourth-order valence-electron chi connectivity index (χ4n) is 8.83. The SMILES string of the molecule is CCCCCCCCc1c(C(C#N)=C(C#N)C#N)sc2c1c1cccc3c1c2c1cccc2c4c(CCCCCCCC)c(C(C#N)=C(C#N)C#N)sc4c3c21. The van der Waals surface area contributed by atoms with Crippen molar-refractivity contribution >= 4 is 97.1 Å². The first kappa shape index (κ1) is 38.3. The molecule has 0 N–H and O–H groups in total. The highest BCUT2D eigenvalue weighted by Gasteiger charge is 2.30. The van der Waals surface area contributed by atoms with E-state index in [2.05, 4.69) is 62.4 Å². The summed E-state index contributed by atoms with van der Waals surface area (Å²) in [6.07, 6.45) is 14.9. The minimum Gasteiger partial charge on any atom is -0.192 e. The van der Waals surface area contributed by atoms with Gasteiger partial charge in [0, 0.05) is 30.9 Å². The van der Waals surface area contributed by atoms with Crippen LogP contribution in [0.5, 0.6) is 0 Å². The quantitative estimate of drug-likeness (QED) is 0.0544. The summed E-state index contributed by atoms with van der Waals surface area (Å²) in [5.41, 5.74) is 2.07. The maximum absolute atomic E-state index is 10.4. The van der Waals surface area contributed by atoms with Crippen molar-refractivity contribution in [3.05, 3.63) is 68.4 Å². The van der Waals surface area contributed by atoms with Crippen molar-refractivity contribution in [1.82, 2.24) is 0 Å². The van der Waals surface area contributed by atoms with Crippen LogP contribution in [-0.4, -0.2) is 0 Å². The van der Waals surface area contributed by atoms with Gasteiger partial charge in [-0.25, -0.2) is 0 Å². The van der Waals surface area contributed by atoms with Gasteiger partial charge in [-0.15, -0.1) is 22.7 Å². The monoisotopic (exact) mass is 764 g/mol. The zero-order chi connectivity index (χ0) is 39.3. The average Bonchev–Trinajstić information content (AvgIpc) is 3.96. The second-order valence-corrected chi connectivity index (χ2v) is 16.7. The molecule has 56 heavy (non-hydrogen) atoms. The minimum absolute atomic E-state index is 0.152. The highest BCUT2D eigenvalue weighted by Crippen LogP contribution is 2.56. The lowest BCUT2D eigenvalue weighted by atomic mass is 9.95. The highest BCUT2D eigenvalue weighted by atomic mass is 32.1. The number of hydrogen-bond acceptors (Lipinski definition) is 8. The molecule has 2 heterocycles. The first-order chi connectivity index (χ1) is 27.5. The number of nitrogens with zero attached hydrogens (tertiary/aromatic N) is 6. The van der Waals surface area contributed by atoms with E-state index in [0.717, 1.165) is 136 Å². The van der Waals surface area contributed by atoms with E-state index in [-0.39, 0.29) is 22.3 Å². The average molecular weight is 765 g/mol. The van der Waals surface area contributed by atoms with E-state index in [1.165, 1.54) is 61.2 Å². The van der Waals surface area contributed by atoms with E-state index in [0.29, 0.717) is 0 Å². The molecule has 0 unspecified atom stereocenters. The summed E-state index contributed by atoms with van der Waals surface area (Å²) in [6.45, 7) is 4.42. The van der Waals surface area contributed by atoms with Crippen molar-refractivity contribution in [2.24, 2.45) is 0 Å². The molecule has 7 aromatic rings. The third-order valence-electron chi connectivity index (χ3n) is 11.4. The molecular formula is C48H40N6S2. The Morgan fingerprint density at radius 2 is 0.768 bits per heavy atom. The van der Waals surface area contributed by atoms with Crippen molar-refractivity contribution in [2.75, 3.05) is 0 Å². The van der Waals surface area contributed by atoms with Crippen LogP contribution in [0.15, 0.2) is 47.5 Å². The van der Waals surface area contributed by atoms with Crippen LogP contribution in [0.3, 0.4) is 0 Å². The van der Waals surface area contributed by atoms with Crippen LogP contribution in [-0.2, 0) is 12.8 Å². The van der Waals surface area contributed by atoms with Gasteiger partial charge in [0.25, 0.3) is 0 Å². The summed E-state index contributed by atoms with van der Waals surface area (Å²) in [4.78, 5) is 1.45. The van der Waals surface area contributed by atoms with Crippen LogP contribution < -0.4 is 0 Å². The molecule has 6 nitrogen and oxygen atoms in total. The molecule has 0 spiro atoms. The van der Waals surface area contributed by atoms with Crippen LogP contribution in [0.4, 0.5) is 0 Å². The fraction of sp³-hybridized carbons (Fsp3) is 0.333. The summed E-state index contributed by atoms with van der Waals surface area (Å²) in [6, 6.07) is 25.3. The van der Waals surface area contributed by atoms with E-state index in [9.17, 15) is 31.6 Å². The lowest BCUT2D eigenvalue weighted by Gasteiger charge is -2.09. The van der Waals surface area contributed by atoms with Gasteiger partial charge in [0.2, 0.25) is 0 Å². The Morgan fingerprint density at radius 1 is 0.429 bits per heavy atom. The molecule has 0 aliphatic rings. The minimum atomic E-state index is -0.157. The van der Waals surface area contributed by atoms with Crippen LogP contribution in [0, 0.1) is 68.0 Å². The van der Waals surface area contributed by atoms with Gasteiger partial charge >= 0.3 is 0 Å². The van der Waals surface area contributed by atoms with Crippen molar-refractivity contribution in [3.63, 3.8) is 0 Å². The Bertz CT molecular complexity index is 2730. The first-order valence-electron chi connectivity index (χ1n) is 19.8. The molecule has 0 amide bonds. The number of fused-ring (bicyclic) bond motifs is 8. The highest BCUT2D eigenvalue weighted by molar-refractivity contribution is 7.22. The molecule has 0 aliphatic heterocycles. The number of thiophene rings is 2. The normalized spacial score (nSPS) is 11.2. The topological polar surface area (TPSA) is 143 Å². The zero-order valence-corrected chi connectivity index (χ0v) is 33.5. The molecule has 8 heteroatoms. The summed E-state index contributed by atoms with van der Waals surface area (Å²) in [5, 5.41) is 71.6. The third kappa shape index (κ3) is 6.27. The molecule has 5 aromatic carbocycles. The van der Waals surface area contributed by atoms with Gasteiger partial charge < -0.3 is 0 Å². The molecule has 0 radical (unpaired) electrons. The molecule has 0 fully saturated rings. The maximum Gasteiger partial charge on any atom is 0.148 e. The van der Waals surface area contributed by atoms with Crippen molar-refractivity contribution in [2.45, 2.75) is 104 Å². The summed E-state index contributed by atoms with van der Waals surface area (Å²) in [7, 11) is 0. The zero-order valence-electron chi connectivity index (χ0n) is 31.9. The number of unbranched alkanes of at least 4 members (excludes halogenated alkanes) is 10. The molecule has 7 rings (SSSR count). The molecular weight excluding hydrogens is 725 g/mol. The van der Waals surface area contributed by atoms with E-state index in [1.807, 2.05) is 24.3 Å². The number of hydrogen-bond donors (Lipinski definition) is 0. The van der Waals surface area contributed by atoms with E-state index >= 15 is 0 Å². The standard InChI is InChI=1S/C48H40N6S2/c1-3-5-7-9-11-13-17-35-41-31-19-15-21-33-39(31)43(47(41)55-45(35)37(27-53)29(23-49)24-50)34-22-16-20-32-40(34)44(33)48-42(32)36(18-14-12-10-8-6-4-2)46(56-48)38(28-54)30(25-51)26-52/h15-16,19-22H,3-14,17-18H2,1-2H3. The number of rotatable bonds is 16. The Kier molecular flexibility index (Phi) is 11.5. The number of benzene rings is 3. The molecule has 0 saturated heterocycles. The van der Waals surface area contributed by atoms with Crippen LogP contribution in [0.2, 0.25) is 0 Å². The third-order valence-corrected chi connectivity index (χ3v) is 13.9. The largest absolute Gasteiger partial charge is 0.192 e. The Labute approximate surface area is 335 Å². The van der Waals surface area contributed by atoms with Crippen LogP contribution in [0.25, 0.3) is 74.4 Å². The van der Waals surface area contributed by atoms with Crippen molar-refractivity contribution < 1.29 is 0 Å².